The molecule has 0 spiro atoms. The lowest BCUT2D eigenvalue weighted by Crippen LogP contribution is -2.33. The third kappa shape index (κ3) is 11.5. The van der Waals surface area contributed by atoms with E-state index in [4.69, 9.17) is 0 Å². The number of Topliss-reactive ketones (excluding diaryl/α,β-unsaturated/α-hetero) is 1. The van der Waals surface area contributed by atoms with Gasteiger partial charge in [0.2, 0.25) is 0 Å². The SMILES string of the molecule is CCCCCC(CCCC)NCC(C)CCC(=O)CC. The van der Waals surface area contributed by atoms with Gasteiger partial charge >= 0.3 is 0 Å². The predicted octanol–water partition coefficient (Wildman–Crippen LogP) is 5.11. The molecule has 0 heterocycles. The third-order valence-corrected chi connectivity index (χ3v) is 4.13. The lowest BCUT2D eigenvalue weighted by molar-refractivity contribution is -0.119. The van der Waals surface area contributed by atoms with Crippen LogP contribution in [-0.2, 0) is 4.79 Å². The van der Waals surface area contributed by atoms with Crippen molar-refractivity contribution in [3.8, 4) is 0 Å². The van der Waals surface area contributed by atoms with E-state index in [-0.39, 0.29) is 0 Å². The Bertz CT molecular complexity index is 227. The fourth-order valence-electron chi connectivity index (χ4n) is 2.49. The second kappa shape index (κ2) is 13.6. The Labute approximate surface area is 127 Å². The number of carbonyl (C=O) groups excluding carboxylic acids is 1. The number of carbonyl (C=O) groups is 1. The van der Waals surface area contributed by atoms with Crippen molar-refractivity contribution in [2.45, 2.75) is 97.9 Å². The van der Waals surface area contributed by atoms with Crippen LogP contribution in [0.2, 0.25) is 0 Å². The van der Waals surface area contributed by atoms with Gasteiger partial charge in [0, 0.05) is 18.9 Å². The fraction of sp³-hybridized carbons (Fsp3) is 0.944. The zero-order valence-electron chi connectivity index (χ0n) is 14.3. The summed E-state index contributed by atoms with van der Waals surface area (Å²) >= 11 is 0. The zero-order chi connectivity index (χ0) is 15.2. The van der Waals surface area contributed by atoms with Gasteiger partial charge in [0.05, 0.1) is 0 Å². The Balaban J connectivity index is 3.87. The maximum absolute atomic E-state index is 11.3. The van der Waals surface area contributed by atoms with E-state index in [1.807, 2.05) is 6.92 Å². The van der Waals surface area contributed by atoms with Crippen LogP contribution in [0.4, 0.5) is 0 Å². The van der Waals surface area contributed by atoms with Gasteiger partial charge in [-0.15, -0.1) is 0 Å². The molecule has 0 amide bonds. The summed E-state index contributed by atoms with van der Waals surface area (Å²) in [4.78, 5) is 11.3. The molecule has 0 fully saturated rings. The molecular formula is C18H37NO. The Kier molecular flexibility index (Phi) is 13.4. The molecule has 1 N–H and O–H groups in total. The molecule has 0 radical (unpaired) electrons. The highest BCUT2D eigenvalue weighted by molar-refractivity contribution is 5.77. The molecule has 0 bridgehead atoms. The largest absolute Gasteiger partial charge is 0.314 e. The first kappa shape index (κ1) is 19.6. The minimum absolute atomic E-state index is 0.405. The van der Waals surface area contributed by atoms with Crippen LogP contribution in [0.1, 0.15) is 91.9 Å². The normalized spacial score (nSPS) is 14.2. The van der Waals surface area contributed by atoms with Crippen LogP contribution in [-0.4, -0.2) is 18.4 Å². The zero-order valence-corrected chi connectivity index (χ0v) is 14.3. The lowest BCUT2D eigenvalue weighted by atomic mass is 9.99. The van der Waals surface area contributed by atoms with Crippen molar-refractivity contribution in [3.63, 3.8) is 0 Å². The molecule has 0 aromatic carbocycles. The van der Waals surface area contributed by atoms with Crippen molar-refractivity contribution in [1.29, 1.82) is 0 Å². The summed E-state index contributed by atoms with van der Waals surface area (Å²) in [6.07, 6.45) is 11.7. The predicted molar refractivity (Wildman–Crippen MR) is 89.2 cm³/mol. The fourth-order valence-corrected chi connectivity index (χ4v) is 2.49. The quantitative estimate of drug-likeness (QED) is 0.449. The van der Waals surface area contributed by atoms with Crippen molar-refractivity contribution in [3.05, 3.63) is 0 Å². The molecule has 120 valence electrons. The molecule has 20 heavy (non-hydrogen) atoms. The summed E-state index contributed by atoms with van der Waals surface area (Å²) in [7, 11) is 0. The highest BCUT2D eigenvalue weighted by atomic mass is 16.1. The summed E-state index contributed by atoms with van der Waals surface area (Å²) < 4.78 is 0. The highest BCUT2D eigenvalue weighted by Gasteiger charge is 2.10. The maximum Gasteiger partial charge on any atom is 0.132 e. The molecule has 0 saturated carbocycles. The molecule has 2 nitrogen and oxygen atoms in total. The Morgan fingerprint density at radius 2 is 1.60 bits per heavy atom. The summed E-state index contributed by atoms with van der Waals surface area (Å²) in [6.45, 7) is 9.82. The molecule has 0 aliphatic rings. The molecule has 2 heteroatoms. The van der Waals surface area contributed by atoms with Crippen LogP contribution < -0.4 is 5.32 Å². The van der Waals surface area contributed by atoms with Gasteiger partial charge in [-0.1, -0.05) is 59.8 Å². The first-order chi connectivity index (χ1) is 9.63. The molecule has 2 atom stereocenters. The second-order valence-corrected chi connectivity index (χ2v) is 6.28. The van der Waals surface area contributed by atoms with E-state index in [0.29, 0.717) is 24.2 Å². The maximum atomic E-state index is 11.3. The minimum Gasteiger partial charge on any atom is -0.314 e. The van der Waals surface area contributed by atoms with E-state index in [2.05, 4.69) is 26.1 Å². The summed E-state index contributed by atoms with van der Waals surface area (Å²) in [5.74, 6) is 1.02. The molecule has 2 unspecified atom stereocenters. The van der Waals surface area contributed by atoms with E-state index >= 15 is 0 Å². The van der Waals surface area contributed by atoms with Gasteiger partial charge in [-0.05, 0) is 31.7 Å². The average Bonchev–Trinajstić information content (AvgIpc) is 2.46. The van der Waals surface area contributed by atoms with Crippen molar-refractivity contribution in [2.24, 2.45) is 5.92 Å². The van der Waals surface area contributed by atoms with Crippen LogP contribution >= 0.6 is 0 Å². The number of unbranched alkanes of at least 4 members (excludes halogenated alkanes) is 3. The third-order valence-electron chi connectivity index (χ3n) is 4.13. The Morgan fingerprint density at radius 3 is 2.20 bits per heavy atom. The topological polar surface area (TPSA) is 29.1 Å². The highest BCUT2D eigenvalue weighted by Crippen LogP contribution is 2.12. The number of hydrogen-bond donors (Lipinski definition) is 1. The molecule has 0 aliphatic heterocycles. The summed E-state index contributed by atoms with van der Waals surface area (Å²) in [5, 5.41) is 3.74. The van der Waals surface area contributed by atoms with Gasteiger partial charge < -0.3 is 5.32 Å². The molecule has 0 rings (SSSR count). The molecule has 0 aromatic rings. The van der Waals surface area contributed by atoms with E-state index in [0.717, 1.165) is 19.4 Å². The van der Waals surface area contributed by atoms with Crippen LogP contribution in [0.15, 0.2) is 0 Å². The van der Waals surface area contributed by atoms with E-state index in [1.54, 1.807) is 0 Å². The Hall–Kier alpha value is -0.370. The standard InChI is InChI=1S/C18H37NO/c1-5-8-10-12-17(11-9-6-2)19-15-16(4)13-14-18(20)7-3/h16-17,19H,5-15H2,1-4H3. The first-order valence-electron chi connectivity index (χ1n) is 8.89. The van der Waals surface area contributed by atoms with Gasteiger partial charge in [-0.3, -0.25) is 4.79 Å². The molecular weight excluding hydrogens is 246 g/mol. The average molecular weight is 284 g/mol. The number of nitrogens with one attached hydrogen (secondary N) is 1. The van der Waals surface area contributed by atoms with E-state index in [9.17, 15) is 4.79 Å². The molecule has 0 aromatic heterocycles. The van der Waals surface area contributed by atoms with Gasteiger partial charge in [-0.2, -0.15) is 0 Å². The minimum atomic E-state index is 0.405. The van der Waals surface area contributed by atoms with Crippen molar-refractivity contribution < 1.29 is 4.79 Å². The monoisotopic (exact) mass is 283 g/mol. The first-order valence-corrected chi connectivity index (χ1v) is 8.89. The van der Waals surface area contributed by atoms with Gasteiger partial charge in [0.25, 0.3) is 0 Å². The van der Waals surface area contributed by atoms with Gasteiger partial charge in [-0.25, -0.2) is 0 Å². The van der Waals surface area contributed by atoms with Crippen LogP contribution in [0.25, 0.3) is 0 Å². The van der Waals surface area contributed by atoms with Gasteiger partial charge in [0.1, 0.15) is 5.78 Å². The number of hydrogen-bond acceptors (Lipinski definition) is 2. The van der Waals surface area contributed by atoms with Crippen molar-refractivity contribution in [2.75, 3.05) is 6.54 Å². The van der Waals surface area contributed by atoms with E-state index < -0.39 is 0 Å². The molecule has 0 aliphatic carbocycles. The van der Waals surface area contributed by atoms with Crippen LogP contribution in [0.3, 0.4) is 0 Å². The smallest absolute Gasteiger partial charge is 0.132 e. The van der Waals surface area contributed by atoms with Crippen LogP contribution in [0.5, 0.6) is 0 Å². The number of ketones is 1. The van der Waals surface area contributed by atoms with E-state index in [1.165, 1.54) is 44.9 Å². The van der Waals surface area contributed by atoms with Gasteiger partial charge in [0.15, 0.2) is 0 Å². The summed E-state index contributed by atoms with van der Waals surface area (Å²) in [5.41, 5.74) is 0. The van der Waals surface area contributed by atoms with Crippen LogP contribution in [0, 0.1) is 5.92 Å². The number of rotatable bonds is 14. The molecule has 0 saturated heterocycles. The van der Waals surface area contributed by atoms with Crippen molar-refractivity contribution in [1.82, 2.24) is 5.32 Å². The van der Waals surface area contributed by atoms with Crippen molar-refractivity contribution >= 4 is 5.78 Å². The summed E-state index contributed by atoms with van der Waals surface area (Å²) in [6, 6.07) is 0.686. The Morgan fingerprint density at radius 1 is 0.950 bits per heavy atom. The lowest BCUT2D eigenvalue weighted by Gasteiger charge is -2.21. The second-order valence-electron chi connectivity index (χ2n) is 6.28.